The monoisotopic (exact) mass is 428 g/mol. The first-order valence-corrected chi connectivity index (χ1v) is 10.3. The molecule has 2 heterocycles. The zero-order valence-electron chi connectivity index (χ0n) is 16.4. The van der Waals surface area contributed by atoms with Crippen molar-refractivity contribution in [3.63, 3.8) is 0 Å². The number of hydrogen-bond donors (Lipinski definition) is 2. The Bertz CT molecular complexity index is 1440. The number of fused-ring (bicyclic) bond motifs is 2. The van der Waals surface area contributed by atoms with E-state index in [1.807, 2.05) is 67.6 Å². The normalized spacial score (nSPS) is 11.0. The summed E-state index contributed by atoms with van der Waals surface area (Å²) in [4.78, 5) is 24.3. The van der Waals surface area contributed by atoms with Crippen LogP contribution < -0.4 is 10.6 Å². The second-order valence-electron chi connectivity index (χ2n) is 6.89. The van der Waals surface area contributed by atoms with Crippen molar-refractivity contribution in [1.29, 1.82) is 0 Å². The van der Waals surface area contributed by atoms with Crippen LogP contribution in [0, 0.1) is 17.0 Å². The highest BCUT2D eigenvalue weighted by Crippen LogP contribution is 2.36. The summed E-state index contributed by atoms with van der Waals surface area (Å²) in [7, 11) is 0. The number of rotatable bonds is 5. The molecule has 152 valence electrons. The number of hydrogen-bond acceptors (Lipinski definition) is 8. The zero-order chi connectivity index (χ0) is 21.4. The number of para-hydroxylation sites is 1. The topological polar surface area (TPSA) is 106 Å². The van der Waals surface area contributed by atoms with Crippen LogP contribution in [0.15, 0.2) is 67.0 Å². The van der Waals surface area contributed by atoms with Crippen LogP contribution in [-0.4, -0.2) is 19.9 Å². The Labute approximate surface area is 180 Å². The van der Waals surface area contributed by atoms with Gasteiger partial charge in [0.15, 0.2) is 5.13 Å². The summed E-state index contributed by atoms with van der Waals surface area (Å²) < 4.78 is 0.994. The maximum Gasteiger partial charge on any atom is 0.353 e. The van der Waals surface area contributed by atoms with Crippen molar-refractivity contribution in [3.05, 3.63) is 82.7 Å². The van der Waals surface area contributed by atoms with E-state index < -0.39 is 4.92 Å². The van der Waals surface area contributed by atoms with Gasteiger partial charge in [-0.05, 0) is 30.0 Å². The molecule has 0 aliphatic heterocycles. The predicted octanol–water partition coefficient (Wildman–Crippen LogP) is 5.94. The predicted molar refractivity (Wildman–Crippen MR) is 124 cm³/mol. The average Bonchev–Trinajstić information content (AvgIpc) is 3.18. The molecule has 3 aromatic carbocycles. The summed E-state index contributed by atoms with van der Waals surface area (Å²) in [5.74, 6) is 0.190. The van der Waals surface area contributed by atoms with E-state index in [1.165, 1.54) is 17.7 Å². The average molecular weight is 428 g/mol. The molecule has 9 heteroatoms. The lowest BCUT2D eigenvalue weighted by Crippen LogP contribution is -2.05. The minimum absolute atomic E-state index is 0.0828. The summed E-state index contributed by atoms with van der Waals surface area (Å²) in [6.45, 7) is 1.98. The second-order valence-corrected chi connectivity index (χ2v) is 7.92. The molecular formula is C22H16N6O2S. The van der Waals surface area contributed by atoms with Gasteiger partial charge >= 0.3 is 5.69 Å². The van der Waals surface area contributed by atoms with E-state index in [0.717, 1.165) is 32.2 Å². The maximum absolute atomic E-state index is 11.9. The molecule has 0 atom stereocenters. The fraction of sp³-hybridized carbons (Fsp3) is 0.0455. The Morgan fingerprint density at radius 3 is 2.48 bits per heavy atom. The number of anilines is 4. The lowest BCUT2D eigenvalue weighted by Gasteiger charge is -2.11. The van der Waals surface area contributed by atoms with Crippen LogP contribution in [0.25, 0.3) is 21.0 Å². The fourth-order valence-corrected chi connectivity index (χ4v) is 4.38. The standard InChI is InChI=1S/C22H16N6O2S/c1-13-6-4-11-17-18(13)26-22(31-17)27-21-19(28(29)30)20(23-12-24-21)25-16-10-5-8-14-7-2-3-9-15(14)16/h2-12H,1H3,(H2,23,24,25,26,27). The van der Waals surface area contributed by atoms with Gasteiger partial charge in [-0.15, -0.1) is 0 Å². The highest BCUT2D eigenvalue weighted by Gasteiger charge is 2.24. The lowest BCUT2D eigenvalue weighted by molar-refractivity contribution is -0.383. The number of nitro groups is 1. The van der Waals surface area contributed by atoms with Crippen LogP contribution in [0.1, 0.15) is 5.56 Å². The zero-order valence-corrected chi connectivity index (χ0v) is 17.2. The molecule has 0 saturated heterocycles. The maximum atomic E-state index is 11.9. The highest BCUT2D eigenvalue weighted by atomic mass is 32.1. The summed E-state index contributed by atoms with van der Waals surface area (Å²) in [6.07, 6.45) is 1.29. The highest BCUT2D eigenvalue weighted by molar-refractivity contribution is 7.22. The molecule has 0 saturated carbocycles. The molecule has 2 aromatic heterocycles. The van der Waals surface area contributed by atoms with Crippen LogP contribution in [-0.2, 0) is 0 Å². The SMILES string of the molecule is Cc1cccc2sc(Nc3ncnc(Nc4cccc5ccccc45)c3[N+](=O)[O-])nc12. The van der Waals surface area contributed by atoms with Gasteiger partial charge < -0.3 is 10.6 Å². The molecule has 0 aliphatic carbocycles. The number of nitrogens with one attached hydrogen (secondary N) is 2. The first-order chi connectivity index (χ1) is 15.1. The number of aryl methyl sites for hydroxylation is 1. The second kappa shape index (κ2) is 7.62. The van der Waals surface area contributed by atoms with E-state index in [2.05, 4.69) is 25.6 Å². The van der Waals surface area contributed by atoms with E-state index in [1.54, 1.807) is 0 Å². The molecular weight excluding hydrogens is 412 g/mol. The van der Waals surface area contributed by atoms with Crippen LogP contribution in [0.5, 0.6) is 0 Å². The molecule has 5 rings (SSSR count). The van der Waals surface area contributed by atoms with Crippen molar-refractivity contribution >= 4 is 60.5 Å². The molecule has 0 aliphatic rings. The number of aromatic nitrogens is 3. The minimum atomic E-state index is -0.492. The minimum Gasteiger partial charge on any atom is -0.334 e. The third-order valence-electron chi connectivity index (χ3n) is 4.89. The Morgan fingerprint density at radius 2 is 1.68 bits per heavy atom. The quantitative estimate of drug-likeness (QED) is 0.263. The first kappa shape index (κ1) is 18.9. The van der Waals surface area contributed by atoms with Gasteiger partial charge in [-0.25, -0.2) is 15.0 Å². The Balaban J connectivity index is 1.55. The van der Waals surface area contributed by atoms with Gasteiger partial charge in [-0.1, -0.05) is 59.9 Å². The van der Waals surface area contributed by atoms with Crippen molar-refractivity contribution in [2.45, 2.75) is 6.92 Å². The largest absolute Gasteiger partial charge is 0.353 e. The molecule has 8 nitrogen and oxygen atoms in total. The van der Waals surface area contributed by atoms with Crippen molar-refractivity contribution in [3.8, 4) is 0 Å². The third-order valence-corrected chi connectivity index (χ3v) is 5.83. The van der Waals surface area contributed by atoms with Crippen LogP contribution >= 0.6 is 11.3 Å². The van der Waals surface area contributed by atoms with Gasteiger partial charge in [0.2, 0.25) is 11.6 Å². The number of benzene rings is 3. The first-order valence-electron chi connectivity index (χ1n) is 9.47. The van der Waals surface area contributed by atoms with Crippen molar-refractivity contribution in [1.82, 2.24) is 15.0 Å². The van der Waals surface area contributed by atoms with Crippen molar-refractivity contribution < 1.29 is 4.92 Å². The van der Waals surface area contributed by atoms with Gasteiger partial charge in [-0.3, -0.25) is 10.1 Å². The summed E-state index contributed by atoms with van der Waals surface area (Å²) in [6, 6.07) is 19.4. The van der Waals surface area contributed by atoms with Gasteiger partial charge in [-0.2, -0.15) is 0 Å². The smallest absolute Gasteiger partial charge is 0.334 e. The number of thiazole rings is 1. The summed E-state index contributed by atoms with van der Waals surface area (Å²) in [5.41, 5.74) is 2.38. The molecule has 0 amide bonds. The van der Waals surface area contributed by atoms with E-state index in [-0.39, 0.29) is 17.3 Å². The number of nitrogens with zero attached hydrogens (tertiary/aromatic N) is 4. The fourth-order valence-electron chi connectivity index (χ4n) is 3.44. The van der Waals surface area contributed by atoms with Crippen molar-refractivity contribution in [2.24, 2.45) is 0 Å². The molecule has 31 heavy (non-hydrogen) atoms. The Kier molecular flexibility index (Phi) is 4.64. The molecule has 0 spiro atoms. The van der Waals surface area contributed by atoms with E-state index >= 15 is 0 Å². The van der Waals surface area contributed by atoms with Gasteiger partial charge in [0.05, 0.1) is 15.1 Å². The molecule has 5 aromatic rings. The summed E-state index contributed by atoms with van der Waals surface area (Å²) in [5, 5.41) is 20.5. The van der Waals surface area contributed by atoms with E-state index in [4.69, 9.17) is 0 Å². The molecule has 0 unspecified atom stereocenters. The Hall–Kier alpha value is -4.11. The molecule has 2 N–H and O–H groups in total. The third kappa shape index (κ3) is 3.51. The Morgan fingerprint density at radius 1 is 0.935 bits per heavy atom. The molecule has 0 bridgehead atoms. The molecule has 0 fully saturated rings. The van der Waals surface area contributed by atoms with Crippen molar-refractivity contribution in [2.75, 3.05) is 10.6 Å². The lowest BCUT2D eigenvalue weighted by atomic mass is 10.1. The van der Waals surface area contributed by atoms with Crippen LogP contribution in [0.3, 0.4) is 0 Å². The van der Waals surface area contributed by atoms with E-state index in [0.29, 0.717) is 5.13 Å². The van der Waals surface area contributed by atoms with Crippen LogP contribution in [0.2, 0.25) is 0 Å². The van der Waals surface area contributed by atoms with Gasteiger partial charge in [0, 0.05) is 11.1 Å². The van der Waals surface area contributed by atoms with Gasteiger partial charge in [0.1, 0.15) is 6.33 Å². The molecule has 0 radical (unpaired) electrons. The van der Waals surface area contributed by atoms with Gasteiger partial charge in [0.25, 0.3) is 0 Å². The summed E-state index contributed by atoms with van der Waals surface area (Å²) >= 11 is 1.41. The van der Waals surface area contributed by atoms with E-state index in [9.17, 15) is 10.1 Å². The van der Waals surface area contributed by atoms with Crippen LogP contribution in [0.4, 0.5) is 28.1 Å².